The van der Waals surface area contributed by atoms with Crippen LogP contribution in [0.25, 0.3) is 0 Å². The lowest BCUT2D eigenvalue weighted by Crippen LogP contribution is -2.32. The Morgan fingerprint density at radius 2 is 2.13 bits per heavy atom. The second kappa shape index (κ2) is 3.89. The standard InChI is InChI=1S/C12H15F2N/c1-3-10-8-4-5-9(13)12(14)11(8)7(2)6-15-10/h4-5,7,10,15H,3,6H2,1-2H3. The van der Waals surface area contributed by atoms with E-state index in [2.05, 4.69) is 5.32 Å². The summed E-state index contributed by atoms with van der Waals surface area (Å²) in [4.78, 5) is 0. The SMILES string of the molecule is CCC1NCC(C)c2c1ccc(F)c2F. The van der Waals surface area contributed by atoms with Gasteiger partial charge in [-0.1, -0.05) is 19.9 Å². The summed E-state index contributed by atoms with van der Waals surface area (Å²) in [5.74, 6) is -1.36. The number of hydrogen-bond donors (Lipinski definition) is 1. The van der Waals surface area contributed by atoms with Crippen molar-refractivity contribution in [2.24, 2.45) is 0 Å². The lowest BCUT2D eigenvalue weighted by molar-refractivity contribution is 0.423. The third kappa shape index (κ3) is 1.65. The topological polar surface area (TPSA) is 12.0 Å². The fourth-order valence-electron chi connectivity index (χ4n) is 2.28. The van der Waals surface area contributed by atoms with Crippen LogP contribution >= 0.6 is 0 Å². The molecular formula is C12H15F2N. The summed E-state index contributed by atoms with van der Waals surface area (Å²) in [7, 11) is 0. The minimum absolute atomic E-state index is 0.0403. The van der Waals surface area contributed by atoms with Gasteiger partial charge in [-0.2, -0.15) is 0 Å². The van der Waals surface area contributed by atoms with Gasteiger partial charge in [-0.25, -0.2) is 8.78 Å². The third-order valence-corrected chi connectivity index (χ3v) is 3.11. The number of nitrogens with one attached hydrogen (secondary N) is 1. The van der Waals surface area contributed by atoms with Gasteiger partial charge in [0.2, 0.25) is 0 Å². The first-order chi connectivity index (χ1) is 7.15. The Morgan fingerprint density at radius 3 is 2.80 bits per heavy atom. The first-order valence-electron chi connectivity index (χ1n) is 5.36. The molecule has 1 aliphatic heterocycles. The Labute approximate surface area is 88.5 Å². The minimum atomic E-state index is -0.739. The van der Waals surface area contributed by atoms with Gasteiger partial charge in [-0.15, -0.1) is 0 Å². The highest BCUT2D eigenvalue weighted by atomic mass is 19.2. The average Bonchev–Trinajstić information content (AvgIpc) is 2.24. The predicted molar refractivity (Wildman–Crippen MR) is 55.8 cm³/mol. The molecule has 0 saturated carbocycles. The fourth-order valence-corrected chi connectivity index (χ4v) is 2.28. The highest BCUT2D eigenvalue weighted by Gasteiger charge is 2.27. The molecule has 0 amide bonds. The zero-order valence-electron chi connectivity index (χ0n) is 8.98. The molecule has 0 aromatic heterocycles. The number of hydrogen-bond acceptors (Lipinski definition) is 1. The Hall–Kier alpha value is -0.960. The molecule has 82 valence electrons. The van der Waals surface area contributed by atoms with Crippen LogP contribution in [0.1, 0.15) is 43.4 Å². The van der Waals surface area contributed by atoms with Gasteiger partial charge in [0.1, 0.15) is 0 Å². The second-order valence-corrected chi connectivity index (χ2v) is 4.13. The number of rotatable bonds is 1. The van der Waals surface area contributed by atoms with Crippen molar-refractivity contribution in [3.8, 4) is 0 Å². The Morgan fingerprint density at radius 1 is 1.40 bits per heavy atom. The minimum Gasteiger partial charge on any atom is -0.309 e. The smallest absolute Gasteiger partial charge is 0.162 e. The second-order valence-electron chi connectivity index (χ2n) is 4.13. The number of halogens is 2. The molecule has 1 nitrogen and oxygen atoms in total. The summed E-state index contributed by atoms with van der Waals surface area (Å²) in [6.45, 7) is 4.67. The molecule has 0 spiro atoms. The van der Waals surface area contributed by atoms with Gasteiger partial charge < -0.3 is 5.32 Å². The monoisotopic (exact) mass is 211 g/mol. The molecule has 0 radical (unpaired) electrons. The molecule has 1 aromatic carbocycles. The van der Waals surface area contributed by atoms with Gasteiger partial charge in [-0.3, -0.25) is 0 Å². The van der Waals surface area contributed by atoms with Gasteiger partial charge in [0.05, 0.1) is 0 Å². The molecule has 0 bridgehead atoms. The largest absolute Gasteiger partial charge is 0.309 e. The van der Waals surface area contributed by atoms with E-state index in [1.807, 2.05) is 13.8 Å². The van der Waals surface area contributed by atoms with Crippen LogP contribution in [-0.4, -0.2) is 6.54 Å². The molecule has 0 saturated heterocycles. The maximum absolute atomic E-state index is 13.6. The van der Waals surface area contributed by atoms with Crippen molar-refractivity contribution in [2.75, 3.05) is 6.54 Å². The Kier molecular flexibility index (Phi) is 2.74. The highest BCUT2D eigenvalue weighted by Crippen LogP contribution is 2.34. The van der Waals surface area contributed by atoms with Crippen molar-refractivity contribution in [1.82, 2.24) is 5.32 Å². The summed E-state index contributed by atoms with van der Waals surface area (Å²) in [5.41, 5.74) is 1.47. The lowest BCUT2D eigenvalue weighted by Gasteiger charge is -2.30. The van der Waals surface area contributed by atoms with E-state index in [-0.39, 0.29) is 12.0 Å². The summed E-state index contributed by atoms with van der Waals surface area (Å²) < 4.78 is 26.8. The molecule has 0 aliphatic carbocycles. The number of fused-ring (bicyclic) bond motifs is 1. The van der Waals surface area contributed by atoms with Crippen LogP contribution in [-0.2, 0) is 0 Å². The average molecular weight is 211 g/mol. The van der Waals surface area contributed by atoms with Gasteiger partial charge >= 0.3 is 0 Å². The van der Waals surface area contributed by atoms with Crippen LogP contribution in [0, 0.1) is 11.6 Å². The Balaban J connectivity index is 2.56. The summed E-state index contributed by atoms with van der Waals surface area (Å²) >= 11 is 0. The van der Waals surface area contributed by atoms with Crippen LogP contribution in [0.15, 0.2) is 12.1 Å². The highest BCUT2D eigenvalue weighted by molar-refractivity contribution is 5.37. The molecule has 2 rings (SSSR count). The lowest BCUT2D eigenvalue weighted by atomic mass is 9.86. The Bertz CT molecular complexity index is 376. The maximum atomic E-state index is 13.6. The third-order valence-electron chi connectivity index (χ3n) is 3.11. The van der Waals surface area contributed by atoms with Crippen molar-refractivity contribution in [3.63, 3.8) is 0 Å². The molecule has 2 unspecified atom stereocenters. The van der Waals surface area contributed by atoms with Crippen molar-refractivity contribution in [2.45, 2.75) is 32.2 Å². The van der Waals surface area contributed by atoms with Gasteiger partial charge in [0.25, 0.3) is 0 Å². The van der Waals surface area contributed by atoms with Crippen LogP contribution in [0.5, 0.6) is 0 Å². The van der Waals surface area contributed by atoms with E-state index in [1.165, 1.54) is 6.07 Å². The van der Waals surface area contributed by atoms with Crippen LogP contribution in [0.4, 0.5) is 8.78 Å². The molecule has 1 aromatic rings. The van der Waals surface area contributed by atoms with Crippen molar-refractivity contribution < 1.29 is 8.78 Å². The first kappa shape index (κ1) is 10.6. The molecule has 1 heterocycles. The van der Waals surface area contributed by atoms with E-state index < -0.39 is 11.6 Å². The van der Waals surface area contributed by atoms with Crippen molar-refractivity contribution in [3.05, 3.63) is 34.9 Å². The van der Waals surface area contributed by atoms with Crippen LogP contribution in [0.3, 0.4) is 0 Å². The van der Waals surface area contributed by atoms with Crippen molar-refractivity contribution >= 4 is 0 Å². The van der Waals surface area contributed by atoms with Crippen LogP contribution in [0.2, 0.25) is 0 Å². The molecule has 15 heavy (non-hydrogen) atoms. The molecular weight excluding hydrogens is 196 g/mol. The zero-order chi connectivity index (χ0) is 11.0. The fraction of sp³-hybridized carbons (Fsp3) is 0.500. The van der Waals surface area contributed by atoms with Gasteiger partial charge in [-0.05, 0) is 29.5 Å². The summed E-state index contributed by atoms with van der Waals surface area (Å²) in [6.07, 6.45) is 0.894. The normalized spacial score (nSPS) is 25.1. The molecule has 2 atom stereocenters. The molecule has 0 fully saturated rings. The van der Waals surface area contributed by atoms with Gasteiger partial charge in [0, 0.05) is 12.6 Å². The van der Waals surface area contributed by atoms with Crippen molar-refractivity contribution in [1.29, 1.82) is 0 Å². The van der Waals surface area contributed by atoms with E-state index in [4.69, 9.17) is 0 Å². The van der Waals surface area contributed by atoms with E-state index in [0.717, 1.165) is 12.0 Å². The summed E-state index contributed by atoms with van der Waals surface area (Å²) in [5, 5.41) is 3.33. The van der Waals surface area contributed by atoms with Gasteiger partial charge in [0.15, 0.2) is 11.6 Å². The molecule has 1 N–H and O–H groups in total. The molecule has 3 heteroatoms. The van der Waals surface area contributed by atoms with E-state index >= 15 is 0 Å². The number of benzene rings is 1. The first-order valence-corrected chi connectivity index (χ1v) is 5.36. The molecule has 1 aliphatic rings. The quantitative estimate of drug-likeness (QED) is 0.752. The van der Waals surface area contributed by atoms with E-state index in [1.54, 1.807) is 6.07 Å². The predicted octanol–water partition coefficient (Wildman–Crippen LogP) is 3.12. The van der Waals surface area contributed by atoms with Crippen LogP contribution < -0.4 is 5.32 Å². The summed E-state index contributed by atoms with van der Waals surface area (Å²) in [6, 6.07) is 3.08. The van der Waals surface area contributed by atoms with E-state index in [0.29, 0.717) is 12.1 Å². The zero-order valence-corrected chi connectivity index (χ0v) is 8.98. The van der Waals surface area contributed by atoms with E-state index in [9.17, 15) is 8.78 Å². The maximum Gasteiger partial charge on any atom is 0.162 e.